The molecule has 0 saturated heterocycles. The first-order valence-corrected chi connectivity index (χ1v) is 6.65. The normalized spacial score (nSPS) is 10.3. The van der Waals surface area contributed by atoms with Crippen LogP contribution in [0.15, 0.2) is 48.8 Å². The topological polar surface area (TPSA) is 33.2 Å². The fourth-order valence-corrected chi connectivity index (χ4v) is 1.97. The molecule has 0 aliphatic carbocycles. The number of nitrogens with zero attached hydrogens (tertiary/aromatic N) is 2. The van der Waals surface area contributed by atoms with Crippen molar-refractivity contribution in [2.75, 3.05) is 4.90 Å². The van der Waals surface area contributed by atoms with Crippen LogP contribution in [0, 0.1) is 5.82 Å². The van der Waals surface area contributed by atoms with E-state index in [0.717, 1.165) is 12.0 Å². The Bertz CT molecular complexity index is 554. The zero-order chi connectivity index (χ0) is 14.4. The van der Waals surface area contributed by atoms with Crippen molar-refractivity contribution in [2.45, 2.75) is 26.3 Å². The Morgan fingerprint density at radius 2 is 2.00 bits per heavy atom. The lowest BCUT2D eigenvalue weighted by Gasteiger charge is -2.22. The maximum atomic E-state index is 13.0. The van der Waals surface area contributed by atoms with Gasteiger partial charge in [-0.1, -0.05) is 13.0 Å². The third-order valence-corrected chi connectivity index (χ3v) is 2.97. The number of anilines is 1. The summed E-state index contributed by atoms with van der Waals surface area (Å²) in [5, 5.41) is 0. The van der Waals surface area contributed by atoms with E-state index in [1.54, 1.807) is 29.4 Å². The predicted molar refractivity (Wildman–Crippen MR) is 76.7 cm³/mol. The molecule has 0 atom stereocenters. The van der Waals surface area contributed by atoms with Gasteiger partial charge >= 0.3 is 0 Å². The van der Waals surface area contributed by atoms with E-state index in [1.165, 1.54) is 12.1 Å². The number of halogens is 1. The van der Waals surface area contributed by atoms with Crippen molar-refractivity contribution in [3.63, 3.8) is 0 Å². The lowest BCUT2D eigenvalue weighted by molar-refractivity contribution is -0.118. The summed E-state index contributed by atoms with van der Waals surface area (Å²) in [4.78, 5) is 18.0. The summed E-state index contributed by atoms with van der Waals surface area (Å²) in [6, 6.07) is 9.74. The van der Waals surface area contributed by atoms with Gasteiger partial charge in [-0.2, -0.15) is 0 Å². The monoisotopic (exact) mass is 272 g/mol. The van der Waals surface area contributed by atoms with Gasteiger partial charge in [0.15, 0.2) is 0 Å². The minimum absolute atomic E-state index is 0.0305. The van der Waals surface area contributed by atoms with Gasteiger partial charge in [0.25, 0.3) is 0 Å². The average Bonchev–Trinajstić information content (AvgIpc) is 2.47. The van der Waals surface area contributed by atoms with Crippen molar-refractivity contribution in [3.8, 4) is 0 Å². The fourth-order valence-electron chi connectivity index (χ4n) is 1.97. The second kappa shape index (κ2) is 6.80. The Labute approximate surface area is 118 Å². The second-order valence-electron chi connectivity index (χ2n) is 4.57. The van der Waals surface area contributed by atoms with Crippen LogP contribution in [0.3, 0.4) is 0 Å². The van der Waals surface area contributed by atoms with E-state index in [9.17, 15) is 9.18 Å². The van der Waals surface area contributed by atoms with Crippen molar-refractivity contribution < 1.29 is 9.18 Å². The average molecular weight is 272 g/mol. The summed E-state index contributed by atoms with van der Waals surface area (Å²) in [6.07, 6.45) is 4.68. The van der Waals surface area contributed by atoms with Gasteiger partial charge in [0.2, 0.25) is 5.91 Å². The van der Waals surface area contributed by atoms with Gasteiger partial charge in [0.1, 0.15) is 5.82 Å². The van der Waals surface area contributed by atoms with Crippen LogP contribution in [0.25, 0.3) is 0 Å². The fraction of sp³-hybridized carbons (Fsp3) is 0.250. The van der Waals surface area contributed by atoms with Crippen LogP contribution >= 0.6 is 0 Å². The molecule has 0 unspecified atom stereocenters. The van der Waals surface area contributed by atoms with Crippen LogP contribution in [-0.4, -0.2) is 10.9 Å². The largest absolute Gasteiger partial charge is 0.308 e. The summed E-state index contributed by atoms with van der Waals surface area (Å²) in [6.45, 7) is 2.41. The Kier molecular flexibility index (Phi) is 4.82. The van der Waals surface area contributed by atoms with E-state index in [1.807, 2.05) is 19.1 Å². The molecule has 0 spiro atoms. The molecular formula is C16H17FN2O. The Hall–Kier alpha value is -2.23. The van der Waals surface area contributed by atoms with Crippen LogP contribution in [0.1, 0.15) is 25.3 Å². The first-order chi connectivity index (χ1) is 9.70. The number of carbonyl (C=O) groups excluding carboxylic acids is 1. The van der Waals surface area contributed by atoms with Crippen molar-refractivity contribution in [2.24, 2.45) is 0 Å². The summed E-state index contributed by atoms with van der Waals surface area (Å²) in [5.41, 5.74) is 1.65. The number of hydrogen-bond donors (Lipinski definition) is 0. The number of rotatable bonds is 5. The van der Waals surface area contributed by atoms with Crippen molar-refractivity contribution in [3.05, 3.63) is 60.2 Å². The highest BCUT2D eigenvalue weighted by Gasteiger charge is 2.15. The molecule has 1 aromatic carbocycles. The number of hydrogen-bond acceptors (Lipinski definition) is 2. The summed E-state index contributed by atoms with van der Waals surface area (Å²) >= 11 is 0. The van der Waals surface area contributed by atoms with Crippen LogP contribution < -0.4 is 4.90 Å². The molecule has 0 aliphatic heterocycles. The minimum Gasteiger partial charge on any atom is -0.308 e. The molecule has 2 aromatic rings. The number of benzene rings is 1. The highest BCUT2D eigenvalue weighted by molar-refractivity contribution is 5.93. The van der Waals surface area contributed by atoms with Crippen LogP contribution in [0.4, 0.5) is 10.1 Å². The van der Waals surface area contributed by atoms with Crippen LogP contribution in [0.5, 0.6) is 0 Å². The molecule has 4 heteroatoms. The smallest absolute Gasteiger partial charge is 0.227 e. The van der Waals surface area contributed by atoms with E-state index >= 15 is 0 Å². The van der Waals surface area contributed by atoms with Crippen molar-refractivity contribution in [1.29, 1.82) is 0 Å². The van der Waals surface area contributed by atoms with Crippen molar-refractivity contribution >= 4 is 11.6 Å². The summed E-state index contributed by atoms with van der Waals surface area (Å²) in [5.74, 6) is -0.277. The maximum Gasteiger partial charge on any atom is 0.227 e. The molecule has 1 heterocycles. The molecule has 0 saturated carbocycles. The highest BCUT2D eigenvalue weighted by Crippen LogP contribution is 2.19. The highest BCUT2D eigenvalue weighted by atomic mass is 19.1. The SMILES string of the molecule is CCCC(=O)N(Cc1cccnc1)c1ccc(F)cc1. The Morgan fingerprint density at radius 1 is 1.25 bits per heavy atom. The van der Waals surface area contributed by atoms with Crippen LogP contribution in [0.2, 0.25) is 0 Å². The van der Waals surface area contributed by atoms with Gasteiger partial charge in [0.05, 0.1) is 6.54 Å². The zero-order valence-corrected chi connectivity index (χ0v) is 11.4. The first-order valence-electron chi connectivity index (χ1n) is 6.65. The van der Waals surface area contributed by atoms with Gasteiger partial charge in [0, 0.05) is 24.5 Å². The number of amides is 1. The van der Waals surface area contributed by atoms with Gasteiger partial charge in [-0.15, -0.1) is 0 Å². The maximum absolute atomic E-state index is 13.0. The van der Waals surface area contributed by atoms with Gasteiger partial charge < -0.3 is 4.90 Å². The van der Waals surface area contributed by atoms with E-state index in [-0.39, 0.29) is 11.7 Å². The standard InChI is InChI=1S/C16H17FN2O/c1-2-4-16(20)19(12-13-5-3-10-18-11-13)15-8-6-14(17)7-9-15/h3,5-11H,2,4,12H2,1H3. The zero-order valence-electron chi connectivity index (χ0n) is 11.4. The molecule has 104 valence electrons. The van der Waals surface area contributed by atoms with Gasteiger partial charge in [-0.25, -0.2) is 4.39 Å². The second-order valence-corrected chi connectivity index (χ2v) is 4.57. The molecule has 1 amide bonds. The molecule has 2 rings (SSSR count). The molecule has 0 fully saturated rings. The van der Waals surface area contributed by atoms with Crippen LogP contribution in [-0.2, 0) is 11.3 Å². The predicted octanol–water partition coefficient (Wildman–Crippen LogP) is 3.55. The van der Waals surface area contributed by atoms with Gasteiger partial charge in [-0.3, -0.25) is 9.78 Å². The van der Waals surface area contributed by atoms with Crippen molar-refractivity contribution in [1.82, 2.24) is 4.98 Å². The molecule has 0 N–H and O–H groups in total. The first kappa shape index (κ1) is 14.2. The molecule has 1 aromatic heterocycles. The number of aromatic nitrogens is 1. The van der Waals surface area contributed by atoms with E-state index < -0.39 is 0 Å². The molecule has 3 nitrogen and oxygen atoms in total. The molecule has 0 aliphatic rings. The summed E-state index contributed by atoms with van der Waals surface area (Å²) in [7, 11) is 0. The third-order valence-electron chi connectivity index (χ3n) is 2.97. The molecule has 20 heavy (non-hydrogen) atoms. The molecule has 0 radical (unpaired) electrons. The number of carbonyl (C=O) groups is 1. The lowest BCUT2D eigenvalue weighted by atomic mass is 10.2. The third kappa shape index (κ3) is 3.63. The molecular weight excluding hydrogens is 255 g/mol. The number of pyridine rings is 1. The molecule has 0 bridgehead atoms. The Balaban J connectivity index is 2.25. The lowest BCUT2D eigenvalue weighted by Crippen LogP contribution is -2.30. The quantitative estimate of drug-likeness (QED) is 0.834. The van der Waals surface area contributed by atoms with E-state index in [0.29, 0.717) is 18.7 Å². The van der Waals surface area contributed by atoms with E-state index in [2.05, 4.69) is 4.98 Å². The van der Waals surface area contributed by atoms with E-state index in [4.69, 9.17) is 0 Å². The van der Waals surface area contributed by atoms with Gasteiger partial charge in [-0.05, 0) is 42.3 Å². The minimum atomic E-state index is -0.307. The summed E-state index contributed by atoms with van der Waals surface area (Å²) < 4.78 is 13.0. The Morgan fingerprint density at radius 3 is 2.60 bits per heavy atom.